The predicted octanol–water partition coefficient (Wildman–Crippen LogP) is 5.93. The van der Waals surface area contributed by atoms with Gasteiger partial charge in [-0.15, -0.1) is 0 Å². The number of amides is 1. The number of nitrogens with zero attached hydrogens (tertiary/aromatic N) is 4. The van der Waals surface area contributed by atoms with Crippen LogP contribution in [0.1, 0.15) is 35.3 Å². The van der Waals surface area contributed by atoms with E-state index < -0.39 is 0 Å². The van der Waals surface area contributed by atoms with E-state index in [-0.39, 0.29) is 5.91 Å². The molecule has 0 unspecified atom stereocenters. The van der Waals surface area contributed by atoms with E-state index in [1.165, 1.54) is 24.8 Å². The maximum Gasteiger partial charge on any atom is 0.276 e. The third kappa shape index (κ3) is 5.13. The van der Waals surface area contributed by atoms with Crippen molar-refractivity contribution in [3.63, 3.8) is 0 Å². The number of hydrogen-bond acceptors (Lipinski definition) is 5. The first kappa shape index (κ1) is 23.1. The normalized spacial score (nSPS) is 14.1. The molecule has 1 amide bonds. The Morgan fingerprint density at radius 1 is 0.865 bits per heavy atom. The van der Waals surface area contributed by atoms with Gasteiger partial charge in [-0.1, -0.05) is 42.8 Å². The topological polar surface area (TPSA) is 86.8 Å². The molecule has 0 saturated carbocycles. The quantitative estimate of drug-likeness (QED) is 0.310. The molecule has 1 saturated heterocycles. The molecule has 0 radical (unpaired) electrons. The fraction of sp³-hybridized carbons (Fsp3) is 0.200. The summed E-state index contributed by atoms with van der Waals surface area (Å²) in [6, 6.07) is 21.9. The van der Waals surface area contributed by atoms with Gasteiger partial charge in [-0.05, 0) is 67.4 Å². The maximum atomic E-state index is 13.1. The van der Waals surface area contributed by atoms with Gasteiger partial charge in [0.05, 0.1) is 23.1 Å². The standard InChI is InChI=1S/C30H28N6O/c37-30(33-25-10-12-27(32-19-25)22-7-3-1-4-8-22)29-26-16-23(9-11-28(26)34-35-29)24-15-21(17-31-18-24)20-36-13-5-2-6-14-36/h1,3-4,7-12,15-19H,2,5-6,13-14,20H2,(H,33,37)(H,34,35). The molecule has 2 N–H and O–H groups in total. The van der Waals surface area contributed by atoms with Crippen LogP contribution in [0, 0.1) is 0 Å². The number of H-pyrrole nitrogens is 1. The van der Waals surface area contributed by atoms with Crippen LogP contribution in [0.2, 0.25) is 0 Å². The highest BCUT2D eigenvalue weighted by Crippen LogP contribution is 2.27. The average Bonchev–Trinajstić information content (AvgIpc) is 3.38. The molecule has 0 bridgehead atoms. The fourth-order valence-corrected chi connectivity index (χ4v) is 4.91. The molecule has 1 fully saturated rings. The minimum atomic E-state index is -0.283. The van der Waals surface area contributed by atoms with Gasteiger partial charge in [-0.25, -0.2) is 0 Å². The van der Waals surface area contributed by atoms with E-state index in [2.05, 4.69) is 36.4 Å². The van der Waals surface area contributed by atoms with Crippen molar-refractivity contribution in [2.45, 2.75) is 25.8 Å². The van der Waals surface area contributed by atoms with Crippen LogP contribution < -0.4 is 5.32 Å². The summed E-state index contributed by atoms with van der Waals surface area (Å²) in [6.07, 6.45) is 9.35. The van der Waals surface area contributed by atoms with Gasteiger partial charge in [0, 0.05) is 35.5 Å². The van der Waals surface area contributed by atoms with Crippen molar-refractivity contribution in [3.8, 4) is 22.4 Å². The van der Waals surface area contributed by atoms with E-state index in [1.807, 2.05) is 73.1 Å². The molecule has 184 valence electrons. The van der Waals surface area contributed by atoms with E-state index in [0.717, 1.165) is 52.9 Å². The Bertz CT molecular complexity index is 1520. The molecule has 1 aliphatic heterocycles. The lowest BCUT2D eigenvalue weighted by Crippen LogP contribution is -2.29. The predicted molar refractivity (Wildman–Crippen MR) is 146 cm³/mol. The number of likely N-dealkylation sites (tertiary alicyclic amines) is 1. The van der Waals surface area contributed by atoms with Gasteiger partial charge in [0.1, 0.15) is 0 Å². The van der Waals surface area contributed by atoms with Crippen molar-refractivity contribution in [1.82, 2.24) is 25.1 Å². The summed E-state index contributed by atoms with van der Waals surface area (Å²) in [5.74, 6) is -0.283. The summed E-state index contributed by atoms with van der Waals surface area (Å²) >= 11 is 0. The average molecular weight is 489 g/mol. The molecule has 6 rings (SSSR count). The Balaban J connectivity index is 1.21. The van der Waals surface area contributed by atoms with Crippen molar-refractivity contribution in [2.24, 2.45) is 0 Å². The SMILES string of the molecule is O=C(Nc1ccc(-c2ccccc2)nc1)c1n[nH]c2ccc(-c3cncc(CN4CCCCC4)c3)cc12. The Morgan fingerprint density at radius 2 is 1.73 bits per heavy atom. The number of aromatic amines is 1. The van der Waals surface area contributed by atoms with Gasteiger partial charge in [0.25, 0.3) is 5.91 Å². The Labute approximate surface area is 215 Å². The van der Waals surface area contributed by atoms with Gasteiger partial charge in [0.15, 0.2) is 5.69 Å². The molecule has 7 heteroatoms. The summed E-state index contributed by atoms with van der Waals surface area (Å²) in [4.78, 5) is 24.6. The number of piperidine rings is 1. The van der Waals surface area contributed by atoms with Crippen LogP contribution in [0.4, 0.5) is 5.69 Å². The van der Waals surface area contributed by atoms with Crippen LogP contribution in [0.3, 0.4) is 0 Å². The molecule has 0 spiro atoms. The molecule has 0 atom stereocenters. The number of rotatable bonds is 6. The number of nitrogens with one attached hydrogen (secondary N) is 2. The molecule has 0 aliphatic carbocycles. The second-order valence-corrected chi connectivity index (χ2v) is 9.50. The van der Waals surface area contributed by atoms with Crippen molar-refractivity contribution in [1.29, 1.82) is 0 Å². The van der Waals surface area contributed by atoms with Gasteiger partial charge < -0.3 is 5.32 Å². The number of anilines is 1. The largest absolute Gasteiger partial charge is 0.319 e. The number of hydrogen-bond donors (Lipinski definition) is 2. The van der Waals surface area contributed by atoms with Gasteiger partial charge in [-0.2, -0.15) is 5.10 Å². The number of benzene rings is 2. The summed E-state index contributed by atoms with van der Waals surface area (Å²) in [7, 11) is 0. The third-order valence-corrected chi connectivity index (χ3v) is 6.85. The zero-order chi connectivity index (χ0) is 25.0. The highest BCUT2D eigenvalue weighted by molar-refractivity contribution is 6.11. The lowest BCUT2D eigenvalue weighted by molar-refractivity contribution is 0.102. The summed E-state index contributed by atoms with van der Waals surface area (Å²) in [5, 5.41) is 11.0. The van der Waals surface area contributed by atoms with Crippen molar-refractivity contribution in [3.05, 3.63) is 96.6 Å². The van der Waals surface area contributed by atoms with E-state index >= 15 is 0 Å². The van der Waals surface area contributed by atoms with E-state index in [0.29, 0.717) is 11.4 Å². The summed E-state index contributed by atoms with van der Waals surface area (Å²) in [5.41, 5.74) is 6.90. The van der Waals surface area contributed by atoms with Crippen molar-refractivity contribution < 1.29 is 4.79 Å². The van der Waals surface area contributed by atoms with E-state index in [9.17, 15) is 4.79 Å². The maximum absolute atomic E-state index is 13.1. The Hall–Kier alpha value is -4.36. The first-order chi connectivity index (χ1) is 18.2. The monoisotopic (exact) mass is 488 g/mol. The molecule has 4 heterocycles. The minimum Gasteiger partial charge on any atom is -0.319 e. The first-order valence-electron chi connectivity index (χ1n) is 12.7. The smallest absolute Gasteiger partial charge is 0.276 e. The molecule has 37 heavy (non-hydrogen) atoms. The highest BCUT2D eigenvalue weighted by Gasteiger charge is 2.16. The van der Waals surface area contributed by atoms with Gasteiger partial charge in [0.2, 0.25) is 0 Å². The Kier molecular flexibility index (Phi) is 6.44. The molecular weight excluding hydrogens is 460 g/mol. The number of carbonyl (C=O) groups excluding carboxylic acids is 1. The summed E-state index contributed by atoms with van der Waals surface area (Å²) in [6.45, 7) is 3.21. The second kappa shape index (κ2) is 10.3. The van der Waals surface area contributed by atoms with Crippen LogP contribution in [-0.4, -0.2) is 44.1 Å². The van der Waals surface area contributed by atoms with Gasteiger partial charge in [-0.3, -0.25) is 24.8 Å². The molecule has 5 aromatic rings. The molecule has 7 nitrogen and oxygen atoms in total. The van der Waals surface area contributed by atoms with E-state index in [4.69, 9.17) is 0 Å². The number of pyridine rings is 2. The van der Waals surface area contributed by atoms with Gasteiger partial charge >= 0.3 is 0 Å². The van der Waals surface area contributed by atoms with Crippen LogP contribution in [0.5, 0.6) is 0 Å². The van der Waals surface area contributed by atoms with Crippen LogP contribution in [-0.2, 0) is 6.54 Å². The van der Waals surface area contributed by atoms with Crippen molar-refractivity contribution >= 4 is 22.5 Å². The molecular formula is C30H28N6O. The summed E-state index contributed by atoms with van der Waals surface area (Å²) < 4.78 is 0. The van der Waals surface area contributed by atoms with Crippen LogP contribution in [0.15, 0.2) is 85.3 Å². The second-order valence-electron chi connectivity index (χ2n) is 9.50. The van der Waals surface area contributed by atoms with Crippen LogP contribution >= 0.6 is 0 Å². The molecule has 1 aliphatic rings. The first-order valence-corrected chi connectivity index (χ1v) is 12.7. The highest BCUT2D eigenvalue weighted by atomic mass is 16.1. The molecule has 3 aromatic heterocycles. The zero-order valence-electron chi connectivity index (χ0n) is 20.5. The zero-order valence-corrected chi connectivity index (χ0v) is 20.5. The number of aromatic nitrogens is 4. The fourth-order valence-electron chi connectivity index (χ4n) is 4.91. The third-order valence-electron chi connectivity index (χ3n) is 6.85. The lowest BCUT2D eigenvalue weighted by Gasteiger charge is -2.26. The number of carbonyl (C=O) groups is 1. The number of fused-ring (bicyclic) bond motifs is 1. The minimum absolute atomic E-state index is 0.283. The van der Waals surface area contributed by atoms with Crippen LogP contribution in [0.25, 0.3) is 33.3 Å². The Morgan fingerprint density at radius 3 is 2.54 bits per heavy atom. The van der Waals surface area contributed by atoms with E-state index in [1.54, 1.807) is 6.20 Å². The molecule has 2 aromatic carbocycles. The van der Waals surface area contributed by atoms with Crippen molar-refractivity contribution in [2.75, 3.05) is 18.4 Å². The lowest BCUT2D eigenvalue weighted by atomic mass is 10.0.